The number of aromatic nitrogens is 1. The maximum absolute atomic E-state index is 13.3. The Morgan fingerprint density at radius 3 is 2.11 bits per heavy atom. The topological polar surface area (TPSA) is 90.9 Å². The summed E-state index contributed by atoms with van der Waals surface area (Å²) >= 11 is 6.52. The molecule has 0 atom stereocenters. The molecule has 38 heavy (non-hydrogen) atoms. The lowest BCUT2D eigenvalue weighted by molar-refractivity contribution is -0.385. The van der Waals surface area contributed by atoms with Crippen molar-refractivity contribution in [2.24, 2.45) is 0 Å². The molecule has 0 aliphatic carbocycles. The fraction of sp³-hybridized carbons (Fsp3) is 0.222. The van der Waals surface area contributed by atoms with Crippen molar-refractivity contribution in [1.29, 1.82) is 0 Å². The minimum atomic E-state index is -2.82. The molecule has 5 rings (SSSR count). The van der Waals surface area contributed by atoms with Gasteiger partial charge in [-0.25, -0.2) is 8.78 Å². The lowest BCUT2D eigenvalue weighted by Crippen LogP contribution is -2.55. The van der Waals surface area contributed by atoms with Crippen LogP contribution < -0.4 is 9.47 Å². The molecule has 0 radical (unpaired) electrons. The number of ether oxygens (including phenoxy) is 2. The van der Waals surface area contributed by atoms with Gasteiger partial charge in [-0.1, -0.05) is 77.4 Å². The second kappa shape index (κ2) is 10.8. The van der Waals surface area contributed by atoms with Crippen LogP contribution in [0.4, 0.5) is 14.5 Å². The Kier molecular flexibility index (Phi) is 7.26. The van der Waals surface area contributed by atoms with Crippen molar-refractivity contribution in [3.63, 3.8) is 0 Å². The van der Waals surface area contributed by atoms with Gasteiger partial charge < -0.3 is 14.0 Å². The summed E-state index contributed by atoms with van der Waals surface area (Å²) in [4.78, 5) is 12.7. The Hall–Kier alpha value is -4.02. The molecule has 1 aliphatic rings. The molecule has 1 fully saturated rings. The van der Waals surface area contributed by atoms with Gasteiger partial charge >= 0.3 is 5.69 Å². The van der Waals surface area contributed by atoms with Gasteiger partial charge in [0, 0.05) is 6.07 Å². The van der Waals surface area contributed by atoms with Crippen LogP contribution in [0.5, 0.6) is 11.5 Å². The Balaban J connectivity index is 1.48. The molecule has 0 N–H and O–H groups in total. The zero-order chi connectivity index (χ0) is 26.7. The van der Waals surface area contributed by atoms with E-state index in [1.165, 1.54) is 11.0 Å². The van der Waals surface area contributed by atoms with Crippen LogP contribution in [0.3, 0.4) is 0 Å². The minimum Gasteiger partial charge on any atom is -0.488 e. The molecule has 0 amide bonds. The molecule has 1 aromatic heterocycles. The van der Waals surface area contributed by atoms with Gasteiger partial charge in [0.05, 0.1) is 35.1 Å². The van der Waals surface area contributed by atoms with Gasteiger partial charge in [0.25, 0.3) is 5.92 Å². The van der Waals surface area contributed by atoms with E-state index < -0.39 is 29.6 Å². The van der Waals surface area contributed by atoms with E-state index in [-0.39, 0.29) is 47.5 Å². The molecule has 3 aromatic carbocycles. The largest absolute Gasteiger partial charge is 0.488 e. The molecule has 196 valence electrons. The van der Waals surface area contributed by atoms with E-state index in [1.54, 1.807) is 6.07 Å². The van der Waals surface area contributed by atoms with Gasteiger partial charge in [-0.2, -0.15) is 0 Å². The summed E-state index contributed by atoms with van der Waals surface area (Å²) in [5.74, 6) is -2.46. The van der Waals surface area contributed by atoms with Crippen LogP contribution in [-0.2, 0) is 19.8 Å². The molecule has 2 heterocycles. The van der Waals surface area contributed by atoms with E-state index in [9.17, 15) is 18.9 Å². The Bertz CT molecular complexity index is 1430. The number of halogens is 3. The molecule has 0 bridgehead atoms. The van der Waals surface area contributed by atoms with Crippen LogP contribution in [0.25, 0.3) is 11.3 Å². The van der Waals surface area contributed by atoms with Gasteiger partial charge in [0.15, 0.2) is 5.69 Å². The van der Waals surface area contributed by atoms with E-state index >= 15 is 0 Å². The van der Waals surface area contributed by atoms with Gasteiger partial charge in [-0.15, -0.1) is 0 Å². The Labute approximate surface area is 221 Å². The lowest BCUT2D eigenvalue weighted by atomic mass is 10.1. The smallest absolute Gasteiger partial charge is 0.341 e. The minimum absolute atomic E-state index is 0.0602. The first-order valence-corrected chi connectivity index (χ1v) is 12.1. The molecule has 1 saturated heterocycles. The van der Waals surface area contributed by atoms with Crippen molar-refractivity contribution >= 4 is 17.3 Å². The summed E-state index contributed by atoms with van der Waals surface area (Å²) in [6.45, 7) is -0.758. The van der Waals surface area contributed by atoms with Crippen molar-refractivity contribution < 1.29 is 27.7 Å². The number of hydrogen-bond donors (Lipinski definition) is 0. The fourth-order valence-corrected chi connectivity index (χ4v) is 4.35. The average Bonchev–Trinajstić information content (AvgIpc) is 3.31. The van der Waals surface area contributed by atoms with Crippen molar-refractivity contribution in [1.82, 2.24) is 10.1 Å². The molecular formula is C27H22ClF2N3O5. The van der Waals surface area contributed by atoms with Gasteiger partial charge in [0.2, 0.25) is 5.76 Å². The van der Waals surface area contributed by atoms with Crippen LogP contribution in [0.2, 0.25) is 5.02 Å². The molecule has 8 nitrogen and oxygen atoms in total. The predicted octanol–water partition coefficient (Wildman–Crippen LogP) is 6.51. The van der Waals surface area contributed by atoms with Crippen LogP contribution in [0.1, 0.15) is 16.8 Å². The van der Waals surface area contributed by atoms with Gasteiger partial charge in [0.1, 0.15) is 24.7 Å². The summed E-state index contributed by atoms with van der Waals surface area (Å²) in [7, 11) is 0. The summed E-state index contributed by atoms with van der Waals surface area (Å²) in [6.07, 6.45) is 0. The fourth-order valence-electron chi connectivity index (χ4n) is 4.13. The predicted molar refractivity (Wildman–Crippen MR) is 135 cm³/mol. The number of alkyl halides is 2. The monoisotopic (exact) mass is 541 g/mol. The van der Waals surface area contributed by atoms with E-state index in [0.717, 1.165) is 11.1 Å². The number of rotatable bonds is 10. The zero-order valence-corrected chi connectivity index (χ0v) is 20.7. The molecule has 4 aromatic rings. The lowest BCUT2D eigenvalue weighted by Gasteiger charge is -2.37. The third-order valence-electron chi connectivity index (χ3n) is 5.95. The average molecular weight is 542 g/mol. The van der Waals surface area contributed by atoms with Gasteiger partial charge in [-0.3, -0.25) is 15.0 Å². The highest BCUT2D eigenvalue weighted by Gasteiger charge is 2.45. The van der Waals surface area contributed by atoms with Crippen molar-refractivity contribution in [2.75, 3.05) is 13.1 Å². The second-order valence-electron chi connectivity index (χ2n) is 8.89. The summed E-state index contributed by atoms with van der Waals surface area (Å²) < 4.78 is 43.9. The molecule has 1 aliphatic heterocycles. The third kappa shape index (κ3) is 5.76. The first-order valence-electron chi connectivity index (χ1n) is 11.7. The highest BCUT2D eigenvalue weighted by molar-refractivity contribution is 6.32. The van der Waals surface area contributed by atoms with E-state index in [2.05, 4.69) is 5.16 Å². The van der Waals surface area contributed by atoms with Crippen LogP contribution in [0.15, 0.2) is 77.3 Å². The quantitative estimate of drug-likeness (QED) is 0.167. The van der Waals surface area contributed by atoms with E-state index in [4.69, 9.17) is 25.6 Å². The number of likely N-dealkylation sites (tertiary alicyclic amines) is 1. The number of nitro groups is 1. The van der Waals surface area contributed by atoms with Crippen molar-refractivity contribution in [2.45, 2.75) is 25.7 Å². The normalized spacial score (nSPS) is 14.6. The maximum atomic E-state index is 13.3. The number of hydrogen-bond acceptors (Lipinski definition) is 7. The molecule has 11 heteroatoms. The number of nitrogens with zero attached hydrogens (tertiary/aromatic N) is 3. The third-order valence-corrected chi connectivity index (χ3v) is 6.25. The summed E-state index contributed by atoms with van der Waals surface area (Å²) in [5, 5.41) is 16.1. The molecule has 0 spiro atoms. The Morgan fingerprint density at radius 2 is 1.55 bits per heavy atom. The van der Waals surface area contributed by atoms with Crippen molar-refractivity contribution in [3.8, 4) is 22.8 Å². The highest BCUT2D eigenvalue weighted by atomic mass is 35.5. The highest BCUT2D eigenvalue weighted by Crippen LogP contribution is 2.44. The molecule has 0 unspecified atom stereocenters. The standard InChI is InChI=1S/C27H22ClF2N3O5/c28-21-11-20(26-25(33(34)35)22(31-38-26)13-32-16-27(29,30)17-32)23(36-14-18-7-3-1-4-8-18)12-24(21)37-15-19-9-5-2-6-10-19/h1-12H,13-17H2. The van der Waals surface area contributed by atoms with E-state index in [0.29, 0.717) is 5.75 Å². The van der Waals surface area contributed by atoms with Gasteiger partial charge in [-0.05, 0) is 17.2 Å². The van der Waals surface area contributed by atoms with Crippen LogP contribution in [-0.4, -0.2) is 34.0 Å². The second-order valence-corrected chi connectivity index (χ2v) is 9.30. The molecular weight excluding hydrogens is 520 g/mol. The first kappa shape index (κ1) is 25.6. The zero-order valence-electron chi connectivity index (χ0n) is 20.0. The maximum Gasteiger partial charge on any atom is 0.341 e. The Morgan fingerprint density at radius 1 is 0.974 bits per heavy atom. The number of benzene rings is 3. The summed E-state index contributed by atoms with van der Waals surface area (Å²) in [5.41, 5.74) is 1.49. The first-order chi connectivity index (χ1) is 18.3. The molecule has 0 saturated carbocycles. The van der Waals surface area contributed by atoms with E-state index in [1.807, 2.05) is 60.7 Å². The summed E-state index contributed by atoms with van der Waals surface area (Å²) in [6, 6.07) is 21.8. The van der Waals surface area contributed by atoms with Crippen molar-refractivity contribution in [3.05, 3.63) is 105 Å². The van der Waals surface area contributed by atoms with Crippen LogP contribution >= 0.6 is 11.6 Å². The SMILES string of the molecule is O=[N+]([O-])c1c(CN2CC(F)(F)C2)noc1-c1cc(Cl)c(OCc2ccccc2)cc1OCc1ccccc1. The van der Waals surface area contributed by atoms with Crippen LogP contribution in [0, 0.1) is 10.1 Å².